The molecule has 0 unspecified atom stereocenters. The van der Waals surface area contributed by atoms with Gasteiger partial charge in [-0.25, -0.2) is 12.8 Å². The number of benzene rings is 3. The number of anilines is 1. The molecule has 3 aromatic rings. The molecule has 1 saturated carbocycles. The van der Waals surface area contributed by atoms with Gasteiger partial charge >= 0.3 is 0 Å². The number of carbonyl (C=O) groups excluding carboxylic acids is 2. The number of para-hydroxylation sites is 2. The van der Waals surface area contributed by atoms with Gasteiger partial charge in [-0.3, -0.25) is 13.9 Å². The van der Waals surface area contributed by atoms with Gasteiger partial charge in [-0.05, 0) is 68.7 Å². The van der Waals surface area contributed by atoms with E-state index in [1.165, 1.54) is 36.3 Å². The van der Waals surface area contributed by atoms with Gasteiger partial charge in [0.2, 0.25) is 11.8 Å². The normalized spacial score (nSPS) is 14.6. The first-order valence-electron chi connectivity index (χ1n) is 14.2. The van der Waals surface area contributed by atoms with Crippen LogP contribution in [0.5, 0.6) is 5.75 Å². The monoisotopic (exact) mass is 595 g/mol. The van der Waals surface area contributed by atoms with Gasteiger partial charge in [0.1, 0.15) is 24.2 Å². The smallest absolute Gasteiger partial charge is 0.264 e. The van der Waals surface area contributed by atoms with Gasteiger partial charge in [0.25, 0.3) is 10.0 Å². The average Bonchev–Trinajstić information content (AvgIpc) is 2.99. The van der Waals surface area contributed by atoms with Crippen molar-refractivity contribution in [2.45, 2.75) is 69.5 Å². The lowest BCUT2D eigenvalue weighted by atomic mass is 9.95. The Balaban J connectivity index is 1.70. The number of ether oxygens (including phenoxy) is 1. The summed E-state index contributed by atoms with van der Waals surface area (Å²) >= 11 is 0. The van der Waals surface area contributed by atoms with Crippen molar-refractivity contribution in [3.8, 4) is 5.75 Å². The minimum Gasteiger partial charge on any atom is -0.495 e. The van der Waals surface area contributed by atoms with Gasteiger partial charge in [-0.15, -0.1) is 0 Å². The summed E-state index contributed by atoms with van der Waals surface area (Å²) in [5.74, 6) is -1.06. The molecular weight excluding hydrogens is 557 g/mol. The Morgan fingerprint density at radius 2 is 1.62 bits per heavy atom. The van der Waals surface area contributed by atoms with Crippen LogP contribution in [0.15, 0.2) is 77.7 Å². The van der Waals surface area contributed by atoms with Crippen molar-refractivity contribution in [1.82, 2.24) is 10.2 Å². The molecule has 2 amide bonds. The van der Waals surface area contributed by atoms with Crippen LogP contribution in [0.25, 0.3) is 0 Å². The lowest BCUT2D eigenvalue weighted by Crippen LogP contribution is -2.53. The van der Waals surface area contributed by atoms with Crippen LogP contribution in [0.2, 0.25) is 0 Å². The molecule has 42 heavy (non-hydrogen) atoms. The molecule has 0 aromatic heterocycles. The van der Waals surface area contributed by atoms with Crippen molar-refractivity contribution in [3.05, 3.63) is 89.7 Å². The summed E-state index contributed by atoms with van der Waals surface area (Å²) in [6.45, 7) is 2.88. The molecule has 1 N–H and O–H groups in total. The van der Waals surface area contributed by atoms with Crippen molar-refractivity contribution in [2.75, 3.05) is 18.0 Å². The molecule has 0 bridgehead atoms. The minimum absolute atomic E-state index is 0.0112. The van der Waals surface area contributed by atoms with E-state index >= 15 is 0 Å². The van der Waals surface area contributed by atoms with Crippen LogP contribution in [0.4, 0.5) is 10.1 Å². The Morgan fingerprint density at radius 1 is 0.976 bits per heavy atom. The maximum absolute atomic E-state index is 14.1. The zero-order chi connectivity index (χ0) is 30.3. The molecule has 4 rings (SSSR count). The molecule has 1 fully saturated rings. The summed E-state index contributed by atoms with van der Waals surface area (Å²) in [7, 11) is -2.80. The number of methoxy groups -OCH3 is 1. The van der Waals surface area contributed by atoms with Crippen molar-refractivity contribution in [1.29, 1.82) is 0 Å². The first-order chi connectivity index (χ1) is 20.1. The summed E-state index contributed by atoms with van der Waals surface area (Å²) < 4.78 is 48.2. The third-order valence-electron chi connectivity index (χ3n) is 7.63. The number of sulfonamides is 1. The second kappa shape index (κ2) is 13.8. The van der Waals surface area contributed by atoms with Crippen molar-refractivity contribution in [2.24, 2.45) is 0 Å². The molecule has 8 nitrogen and oxygen atoms in total. The Bertz CT molecular complexity index is 1470. The molecule has 0 aliphatic heterocycles. The Morgan fingerprint density at radius 3 is 2.26 bits per heavy atom. The summed E-state index contributed by atoms with van der Waals surface area (Å²) in [5, 5.41) is 3.07. The predicted octanol–water partition coefficient (Wildman–Crippen LogP) is 5.20. The summed E-state index contributed by atoms with van der Waals surface area (Å²) in [5.41, 5.74) is 1.68. The van der Waals surface area contributed by atoms with E-state index in [1.807, 2.05) is 6.92 Å². The van der Waals surface area contributed by atoms with Gasteiger partial charge in [0.15, 0.2) is 0 Å². The topological polar surface area (TPSA) is 96.0 Å². The molecule has 1 aliphatic carbocycles. The first kappa shape index (κ1) is 31.0. The number of nitrogens with one attached hydrogen (secondary N) is 1. The van der Waals surface area contributed by atoms with Crippen LogP contribution in [0.1, 0.15) is 50.2 Å². The molecule has 3 aromatic carbocycles. The molecule has 0 spiro atoms. The van der Waals surface area contributed by atoms with Crippen LogP contribution in [0, 0.1) is 12.7 Å². The van der Waals surface area contributed by atoms with Crippen LogP contribution >= 0.6 is 0 Å². The maximum atomic E-state index is 14.1. The third kappa shape index (κ3) is 7.47. The highest BCUT2D eigenvalue weighted by atomic mass is 32.2. The number of aryl methyl sites for hydroxylation is 1. The lowest BCUT2D eigenvalue weighted by molar-refractivity contribution is -0.139. The first-order valence-corrected chi connectivity index (χ1v) is 15.6. The van der Waals surface area contributed by atoms with E-state index in [0.29, 0.717) is 5.56 Å². The number of halogens is 1. The van der Waals surface area contributed by atoms with E-state index in [9.17, 15) is 22.4 Å². The Labute approximate surface area is 247 Å². The standard InChI is InChI=1S/C32H38FN3O5S/c1-23-13-19-28(20-14-23)42(39,40)36(29-11-7-8-12-30(29)41-3)22-31(37)35(21-25-15-17-26(33)18-16-25)24(2)32(38)34-27-9-5-4-6-10-27/h7-8,11-20,24,27H,4-6,9-10,21-22H2,1-3H3,(H,34,38)/t24-/m0/s1. The Hall–Kier alpha value is -3.92. The highest BCUT2D eigenvalue weighted by molar-refractivity contribution is 7.92. The van der Waals surface area contributed by atoms with E-state index in [4.69, 9.17) is 4.74 Å². The minimum atomic E-state index is -4.22. The SMILES string of the molecule is COc1ccccc1N(CC(=O)N(Cc1ccc(F)cc1)[C@@H](C)C(=O)NC1CCCCC1)S(=O)(=O)c1ccc(C)cc1. The van der Waals surface area contributed by atoms with Crippen molar-refractivity contribution < 1.29 is 27.1 Å². The number of carbonyl (C=O) groups is 2. The predicted molar refractivity (Wildman–Crippen MR) is 160 cm³/mol. The van der Waals surface area contributed by atoms with E-state index in [-0.39, 0.29) is 34.8 Å². The quantitative estimate of drug-likeness (QED) is 0.329. The molecule has 224 valence electrons. The average molecular weight is 596 g/mol. The van der Waals surface area contributed by atoms with Gasteiger partial charge in [0.05, 0.1) is 17.7 Å². The highest BCUT2D eigenvalue weighted by Crippen LogP contribution is 2.32. The summed E-state index contributed by atoms with van der Waals surface area (Å²) in [6, 6.07) is 17.7. The number of nitrogens with zero attached hydrogens (tertiary/aromatic N) is 2. The van der Waals surface area contributed by atoms with E-state index in [0.717, 1.165) is 42.0 Å². The van der Waals surface area contributed by atoms with Crippen LogP contribution in [0.3, 0.4) is 0 Å². The van der Waals surface area contributed by atoms with Gasteiger partial charge in [0, 0.05) is 12.6 Å². The number of hydrogen-bond donors (Lipinski definition) is 1. The fourth-order valence-electron chi connectivity index (χ4n) is 5.12. The molecule has 1 atom stereocenters. The second-order valence-electron chi connectivity index (χ2n) is 10.7. The Kier molecular flexibility index (Phi) is 10.2. The van der Waals surface area contributed by atoms with E-state index in [1.54, 1.807) is 55.5 Å². The molecule has 10 heteroatoms. The second-order valence-corrected chi connectivity index (χ2v) is 12.5. The zero-order valence-corrected chi connectivity index (χ0v) is 25.1. The highest BCUT2D eigenvalue weighted by Gasteiger charge is 2.34. The number of hydrogen-bond acceptors (Lipinski definition) is 5. The van der Waals surface area contributed by atoms with Crippen molar-refractivity contribution in [3.63, 3.8) is 0 Å². The van der Waals surface area contributed by atoms with Crippen LogP contribution in [-0.4, -0.2) is 50.9 Å². The molecule has 1 aliphatic rings. The van der Waals surface area contributed by atoms with E-state index < -0.39 is 34.3 Å². The van der Waals surface area contributed by atoms with Gasteiger partial charge < -0.3 is 15.0 Å². The number of rotatable bonds is 11. The van der Waals surface area contributed by atoms with E-state index in [2.05, 4.69) is 5.32 Å². The van der Waals surface area contributed by atoms with Crippen molar-refractivity contribution >= 4 is 27.5 Å². The lowest BCUT2D eigenvalue weighted by Gasteiger charge is -2.33. The molecular formula is C32H38FN3O5S. The summed E-state index contributed by atoms with van der Waals surface area (Å²) in [6.07, 6.45) is 4.94. The van der Waals surface area contributed by atoms with Crippen LogP contribution < -0.4 is 14.4 Å². The van der Waals surface area contributed by atoms with Crippen LogP contribution in [-0.2, 0) is 26.2 Å². The fraction of sp³-hybridized carbons (Fsp3) is 0.375. The zero-order valence-electron chi connectivity index (χ0n) is 24.3. The maximum Gasteiger partial charge on any atom is 0.264 e. The van der Waals surface area contributed by atoms with Gasteiger partial charge in [-0.1, -0.05) is 61.2 Å². The number of amides is 2. The molecule has 0 saturated heterocycles. The molecule has 0 heterocycles. The fourth-order valence-corrected chi connectivity index (χ4v) is 6.55. The summed E-state index contributed by atoms with van der Waals surface area (Å²) in [4.78, 5) is 28.8. The largest absolute Gasteiger partial charge is 0.495 e. The molecule has 0 radical (unpaired) electrons. The van der Waals surface area contributed by atoms with Gasteiger partial charge in [-0.2, -0.15) is 0 Å². The third-order valence-corrected chi connectivity index (χ3v) is 9.40.